The molecule has 1 aliphatic rings. The molecule has 0 saturated carbocycles. The molecule has 5 heterocycles. The van der Waals surface area contributed by atoms with Gasteiger partial charge in [0.25, 0.3) is 0 Å². The zero-order valence-electron chi connectivity index (χ0n) is 17.5. The fourth-order valence-electron chi connectivity index (χ4n) is 4.11. The number of rotatable bonds is 3. The third-order valence-electron chi connectivity index (χ3n) is 5.70. The Bertz CT molecular complexity index is 1280. The summed E-state index contributed by atoms with van der Waals surface area (Å²) in [6, 6.07) is -0.323. The van der Waals surface area contributed by atoms with E-state index in [2.05, 4.69) is 35.5 Å². The maximum Gasteiger partial charge on any atom is 0.434 e. The highest BCUT2D eigenvalue weighted by molar-refractivity contribution is 5.59. The minimum Gasteiger partial charge on any atom is -0.348 e. The Morgan fingerprint density at radius 2 is 1.88 bits per heavy atom. The molecular formula is C20H19F4N9. The molecule has 172 valence electrons. The van der Waals surface area contributed by atoms with Gasteiger partial charge in [-0.25, -0.2) is 24.3 Å². The Labute approximate surface area is 184 Å². The van der Waals surface area contributed by atoms with Crippen LogP contribution in [0, 0.1) is 5.82 Å². The fraction of sp³-hybridized carbons (Fsp3) is 0.350. The van der Waals surface area contributed by atoms with Crippen molar-refractivity contribution in [1.29, 1.82) is 0 Å². The van der Waals surface area contributed by atoms with Gasteiger partial charge in [-0.2, -0.15) is 18.3 Å². The fourth-order valence-corrected chi connectivity index (χ4v) is 4.11. The van der Waals surface area contributed by atoms with Crippen molar-refractivity contribution < 1.29 is 17.6 Å². The summed E-state index contributed by atoms with van der Waals surface area (Å²) in [7, 11) is 0. The minimum atomic E-state index is -4.63. The third-order valence-corrected chi connectivity index (χ3v) is 5.70. The second-order valence-electron chi connectivity index (χ2n) is 7.98. The van der Waals surface area contributed by atoms with Gasteiger partial charge in [0.05, 0.1) is 30.8 Å². The van der Waals surface area contributed by atoms with Gasteiger partial charge in [-0.3, -0.25) is 9.50 Å². The van der Waals surface area contributed by atoms with Gasteiger partial charge in [0.1, 0.15) is 5.69 Å². The molecule has 4 aromatic heterocycles. The molecule has 13 heteroatoms. The monoisotopic (exact) mass is 461 g/mol. The number of piperazine rings is 1. The Hall–Kier alpha value is -3.61. The summed E-state index contributed by atoms with van der Waals surface area (Å²) in [5, 5.41) is 10.3. The predicted molar refractivity (Wildman–Crippen MR) is 110 cm³/mol. The lowest BCUT2D eigenvalue weighted by Gasteiger charge is -2.43. The quantitative estimate of drug-likeness (QED) is 0.453. The van der Waals surface area contributed by atoms with Crippen LogP contribution in [0.2, 0.25) is 0 Å². The molecule has 1 saturated heterocycles. The number of alkyl halides is 3. The van der Waals surface area contributed by atoms with Gasteiger partial charge in [0, 0.05) is 36.6 Å². The van der Waals surface area contributed by atoms with Crippen LogP contribution in [0.3, 0.4) is 0 Å². The molecule has 3 atom stereocenters. The molecule has 3 unspecified atom stereocenters. The average molecular weight is 461 g/mol. The first-order valence-corrected chi connectivity index (χ1v) is 10.2. The molecular weight excluding hydrogens is 442 g/mol. The molecule has 2 N–H and O–H groups in total. The van der Waals surface area contributed by atoms with Crippen molar-refractivity contribution in [3.63, 3.8) is 0 Å². The highest BCUT2D eigenvalue weighted by atomic mass is 19.4. The van der Waals surface area contributed by atoms with Crippen molar-refractivity contribution >= 4 is 11.5 Å². The van der Waals surface area contributed by atoms with Crippen molar-refractivity contribution in [2.75, 3.05) is 11.4 Å². The number of hydrogen-bond donors (Lipinski definition) is 2. The molecule has 9 nitrogen and oxygen atoms in total. The van der Waals surface area contributed by atoms with Crippen LogP contribution < -0.4 is 10.2 Å². The van der Waals surface area contributed by atoms with Gasteiger partial charge in [-0.05, 0) is 13.8 Å². The van der Waals surface area contributed by atoms with Gasteiger partial charge < -0.3 is 10.2 Å². The number of aromatic amines is 1. The Kier molecular flexibility index (Phi) is 5.00. The highest BCUT2D eigenvalue weighted by Gasteiger charge is 2.35. The standard InChI is InChI=1S/C20H19F4N9/c1-10-8-32(11(2)17(30-10)12-3-28-29-4-12)19-13(21)5-27-18(31-19)14-6-26-16-7-25-15(9-33(14)16)20(22,23)24/h3-7,9-11,17,30H,8H2,1-2H3,(H,28,29). The van der Waals surface area contributed by atoms with Crippen molar-refractivity contribution in [3.8, 4) is 11.5 Å². The maximum atomic E-state index is 14.9. The van der Waals surface area contributed by atoms with E-state index in [9.17, 15) is 17.6 Å². The number of nitrogens with zero attached hydrogens (tertiary/aromatic N) is 7. The first kappa shape index (κ1) is 21.2. The molecule has 0 spiro atoms. The Morgan fingerprint density at radius 1 is 1.06 bits per heavy atom. The molecule has 0 aliphatic carbocycles. The molecule has 0 amide bonds. The zero-order valence-corrected chi connectivity index (χ0v) is 17.5. The van der Waals surface area contributed by atoms with Crippen LogP contribution in [-0.4, -0.2) is 53.2 Å². The second-order valence-corrected chi connectivity index (χ2v) is 7.98. The molecule has 1 fully saturated rings. The number of H-pyrrole nitrogens is 1. The molecule has 5 rings (SSSR count). The first-order chi connectivity index (χ1) is 15.7. The predicted octanol–water partition coefficient (Wildman–Crippen LogP) is 3.00. The van der Waals surface area contributed by atoms with E-state index in [0.717, 1.165) is 24.2 Å². The van der Waals surface area contributed by atoms with Crippen molar-refractivity contribution in [3.05, 3.63) is 54.3 Å². The number of halogens is 4. The average Bonchev–Trinajstić information content (AvgIpc) is 3.45. The summed E-state index contributed by atoms with van der Waals surface area (Å²) in [6.07, 6.45) is 3.06. The van der Waals surface area contributed by atoms with Gasteiger partial charge in [0.15, 0.2) is 28.8 Å². The molecule has 0 bridgehead atoms. The van der Waals surface area contributed by atoms with Gasteiger partial charge in [-0.1, -0.05) is 0 Å². The Morgan fingerprint density at radius 3 is 2.61 bits per heavy atom. The van der Waals surface area contributed by atoms with Crippen LogP contribution in [0.4, 0.5) is 23.4 Å². The first-order valence-electron chi connectivity index (χ1n) is 10.2. The van der Waals surface area contributed by atoms with E-state index in [0.29, 0.717) is 6.54 Å². The van der Waals surface area contributed by atoms with Crippen LogP contribution in [-0.2, 0) is 6.18 Å². The van der Waals surface area contributed by atoms with Gasteiger partial charge >= 0.3 is 6.18 Å². The second kappa shape index (κ2) is 7.76. The highest BCUT2D eigenvalue weighted by Crippen LogP contribution is 2.32. The minimum absolute atomic E-state index is 0.00938. The molecule has 33 heavy (non-hydrogen) atoms. The smallest absolute Gasteiger partial charge is 0.348 e. The zero-order chi connectivity index (χ0) is 23.3. The van der Waals surface area contributed by atoms with Crippen molar-refractivity contribution in [1.82, 2.24) is 39.9 Å². The van der Waals surface area contributed by atoms with Crippen molar-refractivity contribution in [2.24, 2.45) is 0 Å². The van der Waals surface area contributed by atoms with E-state index in [4.69, 9.17) is 0 Å². The topological polar surface area (TPSA) is 99.9 Å². The molecule has 1 aliphatic heterocycles. The summed E-state index contributed by atoms with van der Waals surface area (Å²) in [6.45, 7) is 4.38. The molecule has 0 aromatic carbocycles. The normalized spacial score (nSPS) is 21.6. The number of nitrogens with one attached hydrogen (secondary N) is 2. The molecule has 0 radical (unpaired) electrons. The van der Waals surface area contributed by atoms with Crippen LogP contribution in [0.1, 0.15) is 31.1 Å². The van der Waals surface area contributed by atoms with E-state index in [-0.39, 0.29) is 41.1 Å². The summed E-state index contributed by atoms with van der Waals surface area (Å²) < 4.78 is 55.6. The summed E-state index contributed by atoms with van der Waals surface area (Å²) in [4.78, 5) is 17.7. The lowest BCUT2D eigenvalue weighted by Crippen LogP contribution is -2.56. The number of hydrogen-bond acceptors (Lipinski definition) is 7. The van der Waals surface area contributed by atoms with Gasteiger partial charge in [0.2, 0.25) is 0 Å². The van der Waals surface area contributed by atoms with Crippen LogP contribution in [0.15, 0.2) is 37.2 Å². The van der Waals surface area contributed by atoms with E-state index in [1.807, 2.05) is 18.7 Å². The van der Waals surface area contributed by atoms with Gasteiger partial charge in [-0.15, -0.1) is 0 Å². The van der Waals surface area contributed by atoms with Crippen molar-refractivity contribution in [2.45, 2.75) is 38.1 Å². The largest absolute Gasteiger partial charge is 0.434 e. The lowest BCUT2D eigenvalue weighted by atomic mass is 9.97. The summed E-state index contributed by atoms with van der Waals surface area (Å²) in [5.41, 5.74) is 0.227. The summed E-state index contributed by atoms with van der Waals surface area (Å²) >= 11 is 0. The number of aromatic nitrogens is 7. The molecule has 4 aromatic rings. The Balaban J connectivity index is 1.56. The third kappa shape index (κ3) is 3.77. The number of imidazole rings is 1. The van der Waals surface area contributed by atoms with E-state index >= 15 is 0 Å². The van der Waals surface area contributed by atoms with Crippen LogP contribution in [0.25, 0.3) is 17.2 Å². The van der Waals surface area contributed by atoms with E-state index in [1.165, 1.54) is 10.6 Å². The van der Waals surface area contributed by atoms with Crippen LogP contribution >= 0.6 is 0 Å². The van der Waals surface area contributed by atoms with Crippen LogP contribution in [0.5, 0.6) is 0 Å². The lowest BCUT2D eigenvalue weighted by molar-refractivity contribution is -0.141. The van der Waals surface area contributed by atoms with E-state index in [1.54, 1.807) is 12.4 Å². The number of fused-ring (bicyclic) bond motifs is 1. The number of anilines is 1. The van der Waals surface area contributed by atoms with E-state index < -0.39 is 17.7 Å². The maximum absolute atomic E-state index is 14.9. The SMILES string of the molecule is CC1CN(c2nc(-c3cnc4cnc(C(F)(F)F)cn34)ncc2F)C(C)C(c2cn[nH]c2)N1. The summed E-state index contributed by atoms with van der Waals surface area (Å²) in [5.74, 6) is -0.511.